The Morgan fingerprint density at radius 2 is 1.79 bits per heavy atom. The third-order valence-electron chi connectivity index (χ3n) is 6.23. The minimum atomic E-state index is -0.530. The molecule has 0 fully saturated rings. The molecular formula is C28H32N2O3S. The predicted molar refractivity (Wildman–Crippen MR) is 137 cm³/mol. The molecule has 2 N–H and O–H groups in total. The lowest BCUT2D eigenvalue weighted by molar-refractivity contribution is -0.118. The molecule has 5 nitrogen and oxygen atoms in total. The van der Waals surface area contributed by atoms with Crippen LogP contribution in [0.1, 0.15) is 58.2 Å². The van der Waals surface area contributed by atoms with Crippen LogP contribution < -0.4 is 10.6 Å². The number of carbonyl (C=O) groups excluding carboxylic acids is 2. The summed E-state index contributed by atoms with van der Waals surface area (Å²) in [5, 5.41) is 7.11. The molecule has 2 atom stereocenters. The van der Waals surface area contributed by atoms with Crippen molar-refractivity contribution in [2.45, 2.75) is 45.6 Å². The fourth-order valence-corrected chi connectivity index (χ4v) is 5.86. The van der Waals surface area contributed by atoms with Crippen LogP contribution in [0.15, 0.2) is 60.7 Å². The summed E-state index contributed by atoms with van der Waals surface area (Å²) in [5.41, 5.74) is 3.69. The highest BCUT2D eigenvalue weighted by molar-refractivity contribution is 7.17. The molecule has 3 aromatic rings. The Morgan fingerprint density at radius 1 is 1.09 bits per heavy atom. The number of hydrogen-bond acceptors (Lipinski definition) is 5. The van der Waals surface area contributed by atoms with Crippen LogP contribution in [0.4, 0.5) is 5.00 Å². The molecule has 0 saturated carbocycles. The molecule has 1 aliphatic carbocycles. The Bertz CT molecular complexity index is 1110. The Morgan fingerprint density at radius 3 is 2.50 bits per heavy atom. The first kappa shape index (κ1) is 24.2. The van der Waals surface area contributed by atoms with Crippen molar-refractivity contribution >= 4 is 28.2 Å². The van der Waals surface area contributed by atoms with E-state index >= 15 is 0 Å². The van der Waals surface area contributed by atoms with Crippen molar-refractivity contribution in [3.63, 3.8) is 0 Å². The Kier molecular flexibility index (Phi) is 8.14. The van der Waals surface area contributed by atoms with Crippen molar-refractivity contribution in [3.05, 3.63) is 87.8 Å². The van der Waals surface area contributed by atoms with E-state index in [1.54, 1.807) is 6.92 Å². The second-order valence-electron chi connectivity index (χ2n) is 8.80. The van der Waals surface area contributed by atoms with Gasteiger partial charge in [-0.15, -0.1) is 11.3 Å². The molecule has 1 amide bonds. The summed E-state index contributed by atoms with van der Waals surface area (Å²) in [4.78, 5) is 27.6. The number of esters is 1. The highest BCUT2D eigenvalue weighted by Gasteiger charge is 2.30. The molecule has 34 heavy (non-hydrogen) atoms. The second-order valence-corrected chi connectivity index (χ2v) is 9.90. The molecule has 0 radical (unpaired) electrons. The van der Waals surface area contributed by atoms with E-state index in [-0.39, 0.29) is 11.9 Å². The monoisotopic (exact) mass is 476 g/mol. The minimum Gasteiger partial charge on any atom is -0.462 e. The van der Waals surface area contributed by atoms with Gasteiger partial charge in [-0.05, 0) is 55.2 Å². The van der Waals surface area contributed by atoms with Gasteiger partial charge < -0.3 is 15.4 Å². The van der Waals surface area contributed by atoms with Crippen LogP contribution >= 0.6 is 11.3 Å². The largest absolute Gasteiger partial charge is 0.462 e. The summed E-state index contributed by atoms with van der Waals surface area (Å²) in [6.45, 7) is 4.99. The standard InChI is InChI=1S/C28H32N2O3S/c1-3-33-28(32)24-22-15-14-19(2)18-23(22)34-27(24)30-26(31)25(21-12-8-5-9-13-21)29-17-16-20-10-6-4-7-11-20/h4-13,19,25,29H,3,14-18H2,1-2H3,(H,30,31)/t19-,25+/m0/s1. The number of amides is 1. The number of nitrogens with one attached hydrogen (secondary N) is 2. The van der Waals surface area contributed by atoms with Gasteiger partial charge in [0.05, 0.1) is 12.2 Å². The van der Waals surface area contributed by atoms with Gasteiger partial charge in [0.1, 0.15) is 11.0 Å². The number of benzene rings is 2. The number of anilines is 1. The van der Waals surface area contributed by atoms with E-state index in [9.17, 15) is 9.59 Å². The van der Waals surface area contributed by atoms with Crippen LogP contribution in [0.2, 0.25) is 0 Å². The van der Waals surface area contributed by atoms with Gasteiger partial charge in [-0.25, -0.2) is 4.79 Å². The molecule has 6 heteroatoms. The van der Waals surface area contributed by atoms with Crippen molar-refractivity contribution in [2.75, 3.05) is 18.5 Å². The molecule has 0 spiro atoms. The molecule has 178 valence electrons. The number of ether oxygens (including phenoxy) is 1. The lowest BCUT2D eigenvalue weighted by Crippen LogP contribution is -2.34. The summed E-state index contributed by atoms with van der Waals surface area (Å²) < 4.78 is 5.36. The first-order valence-corrected chi connectivity index (χ1v) is 12.8. The van der Waals surface area contributed by atoms with Gasteiger partial charge in [-0.1, -0.05) is 67.6 Å². The molecule has 4 rings (SSSR count). The summed E-state index contributed by atoms with van der Waals surface area (Å²) in [7, 11) is 0. The first-order valence-electron chi connectivity index (χ1n) is 12.0. The molecule has 0 saturated heterocycles. The van der Waals surface area contributed by atoms with E-state index < -0.39 is 6.04 Å². The second kappa shape index (κ2) is 11.4. The van der Waals surface area contributed by atoms with Crippen LogP contribution in [-0.4, -0.2) is 25.0 Å². The average molecular weight is 477 g/mol. The number of carbonyl (C=O) groups is 2. The molecule has 0 aliphatic heterocycles. The van der Waals surface area contributed by atoms with Crippen molar-refractivity contribution < 1.29 is 14.3 Å². The number of thiophene rings is 1. The van der Waals surface area contributed by atoms with Crippen LogP contribution in [0, 0.1) is 5.92 Å². The van der Waals surface area contributed by atoms with Gasteiger partial charge in [0.25, 0.3) is 0 Å². The van der Waals surface area contributed by atoms with E-state index in [0.717, 1.165) is 36.8 Å². The molecule has 1 aromatic heterocycles. The van der Waals surface area contributed by atoms with E-state index in [1.807, 2.05) is 48.5 Å². The maximum Gasteiger partial charge on any atom is 0.341 e. The SMILES string of the molecule is CCOC(=O)c1c(NC(=O)[C@H](NCCc2ccccc2)c2ccccc2)sc2c1CC[C@H](C)C2. The van der Waals surface area contributed by atoms with Gasteiger partial charge in [0.2, 0.25) is 5.91 Å². The number of rotatable bonds is 9. The van der Waals surface area contributed by atoms with Crippen molar-refractivity contribution in [1.82, 2.24) is 5.32 Å². The fourth-order valence-electron chi connectivity index (χ4n) is 4.46. The zero-order chi connectivity index (χ0) is 23.9. The summed E-state index contributed by atoms with van der Waals surface area (Å²) >= 11 is 1.52. The summed E-state index contributed by atoms with van der Waals surface area (Å²) in [6.07, 6.45) is 3.63. The quantitative estimate of drug-likeness (QED) is 0.397. The van der Waals surface area contributed by atoms with Gasteiger partial charge in [0, 0.05) is 11.4 Å². The third kappa shape index (κ3) is 5.75. The highest BCUT2D eigenvalue weighted by Crippen LogP contribution is 2.40. The Hall–Kier alpha value is -2.96. The molecule has 2 aromatic carbocycles. The van der Waals surface area contributed by atoms with Gasteiger partial charge in [0.15, 0.2) is 0 Å². The Balaban J connectivity index is 1.56. The van der Waals surface area contributed by atoms with E-state index in [1.165, 1.54) is 21.8 Å². The molecule has 1 heterocycles. The predicted octanol–water partition coefficient (Wildman–Crippen LogP) is 5.56. The van der Waals surface area contributed by atoms with Gasteiger partial charge in [-0.2, -0.15) is 0 Å². The molecule has 0 bridgehead atoms. The summed E-state index contributed by atoms with van der Waals surface area (Å²) in [5.74, 6) is 0.0519. The minimum absolute atomic E-state index is 0.170. The van der Waals surface area contributed by atoms with Crippen molar-refractivity contribution in [2.24, 2.45) is 5.92 Å². The van der Waals surface area contributed by atoms with Crippen LogP contribution in [-0.2, 0) is 28.8 Å². The van der Waals surface area contributed by atoms with Crippen molar-refractivity contribution in [3.8, 4) is 0 Å². The van der Waals surface area contributed by atoms with E-state index in [4.69, 9.17) is 4.74 Å². The summed E-state index contributed by atoms with van der Waals surface area (Å²) in [6, 6.07) is 19.4. The third-order valence-corrected chi connectivity index (χ3v) is 7.40. The van der Waals surface area contributed by atoms with Gasteiger partial charge in [-0.3, -0.25) is 4.79 Å². The fraction of sp³-hybridized carbons (Fsp3) is 0.357. The van der Waals surface area contributed by atoms with E-state index in [0.29, 0.717) is 29.6 Å². The van der Waals surface area contributed by atoms with Crippen LogP contribution in [0.5, 0.6) is 0 Å². The van der Waals surface area contributed by atoms with Crippen molar-refractivity contribution in [1.29, 1.82) is 0 Å². The maximum atomic E-state index is 13.5. The van der Waals surface area contributed by atoms with Gasteiger partial charge >= 0.3 is 5.97 Å². The first-order chi connectivity index (χ1) is 16.6. The molecule has 0 unspecified atom stereocenters. The van der Waals surface area contributed by atoms with E-state index in [2.05, 4.69) is 29.7 Å². The van der Waals surface area contributed by atoms with Crippen LogP contribution in [0.25, 0.3) is 0 Å². The molecule has 1 aliphatic rings. The normalized spacial score (nSPS) is 15.9. The topological polar surface area (TPSA) is 67.4 Å². The number of fused-ring (bicyclic) bond motifs is 1. The zero-order valence-electron chi connectivity index (χ0n) is 19.8. The lowest BCUT2D eigenvalue weighted by atomic mass is 9.88. The zero-order valence-corrected chi connectivity index (χ0v) is 20.6. The van der Waals surface area contributed by atoms with Crippen LogP contribution in [0.3, 0.4) is 0 Å². The molecular weight excluding hydrogens is 444 g/mol. The average Bonchev–Trinajstić information content (AvgIpc) is 3.20. The highest BCUT2D eigenvalue weighted by atomic mass is 32.1. The lowest BCUT2D eigenvalue weighted by Gasteiger charge is -2.19. The number of hydrogen-bond donors (Lipinski definition) is 2. The smallest absolute Gasteiger partial charge is 0.341 e. The maximum absolute atomic E-state index is 13.5. The Labute approximate surface area is 205 Å².